The lowest BCUT2D eigenvalue weighted by atomic mass is 9.96. The highest BCUT2D eigenvalue weighted by Gasteiger charge is 2.68. The number of esters is 2. The van der Waals surface area contributed by atoms with Gasteiger partial charge in [-0.1, -0.05) is 12.8 Å². The molecule has 15 heteroatoms. The quantitative estimate of drug-likeness (QED) is 0.140. The third-order valence-electron chi connectivity index (χ3n) is 8.43. The van der Waals surface area contributed by atoms with Crippen LogP contribution in [-0.2, 0) is 38.5 Å². The number of fused-ring (bicyclic) bond motifs is 2. The molecule has 0 N–H and O–H groups in total. The predicted octanol–water partition coefficient (Wildman–Crippen LogP) is 1.31. The minimum atomic E-state index is -3.78. The zero-order valence-electron chi connectivity index (χ0n) is 23.3. The van der Waals surface area contributed by atoms with Gasteiger partial charge in [0.2, 0.25) is 12.2 Å². The molecule has 2 unspecified atom stereocenters. The average molecular weight is 621 g/mol. The van der Waals surface area contributed by atoms with Crippen molar-refractivity contribution in [2.45, 2.75) is 111 Å². The van der Waals surface area contributed by atoms with Crippen LogP contribution in [0.4, 0.5) is 0 Å². The number of β-lactam (4-membered cyclic amide) rings is 2. The molecular weight excluding hydrogens is 584 g/mol. The summed E-state index contributed by atoms with van der Waals surface area (Å²) in [5.41, 5.74) is 0. The SMILES string of the molecule is CC(OC(=O)[C@@H]1N2C(=O)C(/N=C/N3CCCCCC3)[C@H]2SC1(C)C)OC(=O)[C@@H]1N2C(=O)C[C@H]2S(=O)(=O)C1(C)C.Cl. The molecule has 40 heavy (non-hydrogen) atoms. The van der Waals surface area contributed by atoms with Gasteiger partial charge in [-0.3, -0.25) is 14.6 Å². The van der Waals surface area contributed by atoms with E-state index in [4.69, 9.17) is 9.47 Å². The van der Waals surface area contributed by atoms with E-state index in [9.17, 15) is 27.6 Å². The smallest absolute Gasteiger partial charge is 0.333 e. The molecule has 0 aromatic rings. The van der Waals surface area contributed by atoms with Gasteiger partial charge in [-0.25, -0.2) is 18.0 Å². The van der Waals surface area contributed by atoms with E-state index in [1.807, 2.05) is 13.8 Å². The largest absolute Gasteiger partial charge is 0.424 e. The molecule has 5 heterocycles. The van der Waals surface area contributed by atoms with Crippen molar-refractivity contribution in [1.82, 2.24) is 14.7 Å². The monoisotopic (exact) mass is 620 g/mol. The van der Waals surface area contributed by atoms with Crippen LogP contribution >= 0.6 is 24.2 Å². The van der Waals surface area contributed by atoms with E-state index in [1.165, 1.54) is 50.3 Å². The third kappa shape index (κ3) is 4.77. The van der Waals surface area contributed by atoms with Crippen LogP contribution in [0.25, 0.3) is 0 Å². The Hall–Kier alpha value is -2.06. The van der Waals surface area contributed by atoms with Crippen molar-refractivity contribution in [2.75, 3.05) is 13.1 Å². The lowest BCUT2D eigenvalue weighted by Gasteiger charge is -2.42. The lowest BCUT2D eigenvalue weighted by Crippen LogP contribution is -2.65. The summed E-state index contributed by atoms with van der Waals surface area (Å²) in [5, 5.41) is -1.35. The lowest BCUT2D eigenvalue weighted by molar-refractivity contribution is -0.196. The number of ether oxygens (including phenoxy) is 2. The fourth-order valence-corrected chi connectivity index (χ4v) is 9.92. The number of rotatable bonds is 6. The minimum Gasteiger partial charge on any atom is -0.424 e. The summed E-state index contributed by atoms with van der Waals surface area (Å²) in [4.78, 5) is 60.6. The van der Waals surface area contributed by atoms with Crippen LogP contribution < -0.4 is 0 Å². The van der Waals surface area contributed by atoms with E-state index < -0.39 is 67.0 Å². The van der Waals surface area contributed by atoms with Gasteiger partial charge in [0.15, 0.2) is 15.9 Å². The number of amides is 2. The van der Waals surface area contributed by atoms with E-state index in [0.29, 0.717) is 0 Å². The first kappa shape index (κ1) is 30.9. The minimum absolute atomic E-state index is 0. The second-order valence-electron chi connectivity index (χ2n) is 11.9. The summed E-state index contributed by atoms with van der Waals surface area (Å²) in [6, 6.07) is -2.81. The van der Waals surface area contributed by atoms with E-state index in [1.54, 1.807) is 6.34 Å². The van der Waals surface area contributed by atoms with Crippen molar-refractivity contribution in [2.24, 2.45) is 4.99 Å². The Bertz CT molecular complexity index is 1220. The first-order valence-electron chi connectivity index (χ1n) is 13.4. The number of hydrogen-bond donors (Lipinski definition) is 0. The Morgan fingerprint density at radius 1 is 1.00 bits per heavy atom. The second kappa shape index (κ2) is 10.6. The molecule has 12 nitrogen and oxygen atoms in total. The average Bonchev–Trinajstić information content (AvgIpc) is 3.01. The van der Waals surface area contributed by atoms with Crippen LogP contribution in [0, 0.1) is 0 Å². The molecule has 0 radical (unpaired) electrons. The number of carbonyl (C=O) groups excluding carboxylic acids is 4. The number of aliphatic imine (C=N–C) groups is 1. The maximum absolute atomic E-state index is 13.2. The fraction of sp³-hybridized carbons (Fsp3) is 0.800. The Balaban J connectivity index is 0.00000370. The first-order chi connectivity index (χ1) is 18.2. The van der Waals surface area contributed by atoms with Crippen molar-refractivity contribution in [1.29, 1.82) is 0 Å². The van der Waals surface area contributed by atoms with E-state index in [-0.39, 0.29) is 30.1 Å². The molecule has 0 aliphatic carbocycles. The molecule has 5 aliphatic heterocycles. The summed E-state index contributed by atoms with van der Waals surface area (Å²) in [6.45, 7) is 9.65. The number of carbonyl (C=O) groups is 4. The van der Waals surface area contributed by atoms with E-state index in [0.717, 1.165) is 30.8 Å². The van der Waals surface area contributed by atoms with Crippen LogP contribution in [-0.4, -0.2) is 111 Å². The molecular formula is C25H37ClN4O8S2. The van der Waals surface area contributed by atoms with E-state index >= 15 is 0 Å². The topological polar surface area (TPSA) is 143 Å². The van der Waals surface area contributed by atoms with Gasteiger partial charge < -0.3 is 24.2 Å². The molecule has 5 aliphatic rings. The summed E-state index contributed by atoms with van der Waals surface area (Å²) in [7, 11) is -3.78. The van der Waals surface area contributed by atoms with Crippen molar-refractivity contribution in [3.63, 3.8) is 0 Å². The number of halogens is 1. The maximum atomic E-state index is 13.2. The van der Waals surface area contributed by atoms with Gasteiger partial charge in [-0.05, 0) is 40.5 Å². The Labute approximate surface area is 244 Å². The molecule has 6 atom stereocenters. The summed E-state index contributed by atoms with van der Waals surface area (Å²) < 4.78 is 34.1. The molecule has 0 saturated carbocycles. The summed E-state index contributed by atoms with van der Waals surface area (Å²) in [6.07, 6.45) is 4.83. The Morgan fingerprint density at radius 3 is 2.15 bits per heavy atom. The normalized spacial score (nSPS) is 34.1. The maximum Gasteiger partial charge on any atom is 0.333 e. The predicted molar refractivity (Wildman–Crippen MR) is 149 cm³/mol. The van der Waals surface area contributed by atoms with Crippen LogP contribution in [0.3, 0.4) is 0 Å². The molecule has 5 saturated heterocycles. The van der Waals surface area contributed by atoms with Crippen molar-refractivity contribution in [3.05, 3.63) is 0 Å². The number of nitrogens with zero attached hydrogens (tertiary/aromatic N) is 4. The highest BCUT2D eigenvalue weighted by atomic mass is 35.5. The van der Waals surface area contributed by atoms with Gasteiger partial charge in [0, 0.05) is 24.8 Å². The van der Waals surface area contributed by atoms with Gasteiger partial charge >= 0.3 is 11.9 Å². The van der Waals surface area contributed by atoms with Crippen molar-refractivity contribution < 1.29 is 37.1 Å². The first-order valence-corrected chi connectivity index (χ1v) is 15.8. The van der Waals surface area contributed by atoms with Crippen LogP contribution in [0.5, 0.6) is 0 Å². The molecule has 224 valence electrons. The van der Waals surface area contributed by atoms with E-state index in [2.05, 4.69) is 9.89 Å². The fourth-order valence-electron chi connectivity index (χ4n) is 6.18. The van der Waals surface area contributed by atoms with Gasteiger partial charge in [0.25, 0.3) is 5.91 Å². The number of sulfone groups is 1. The van der Waals surface area contributed by atoms with Crippen molar-refractivity contribution >= 4 is 64.1 Å². The summed E-state index contributed by atoms with van der Waals surface area (Å²) >= 11 is 1.48. The van der Waals surface area contributed by atoms with Crippen LogP contribution in [0.15, 0.2) is 4.99 Å². The molecule has 5 rings (SSSR count). The third-order valence-corrected chi connectivity index (χ3v) is 12.8. The Morgan fingerprint density at radius 2 is 1.57 bits per heavy atom. The van der Waals surface area contributed by atoms with Gasteiger partial charge in [-0.15, -0.1) is 24.2 Å². The number of likely N-dealkylation sites (tertiary alicyclic amines) is 1. The zero-order valence-corrected chi connectivity index (χ0v) is 25.7. The van der Waals surface area contributed by atoms with Crippen LogP contribution in [0.2, 0.25) is 0 Å². The number of hydrogen-bond acceptors (Lipinski definition) is 10. The molecule has 5 fully saturated rings. The number of thioether (sulfide) groups is 1. The van der Waals surface area contributed by atoms with Crippen LogP contribution in [0.1, 0.15) is 66.7 Å². The highest BCUT2D eigenvalue weighted by molar-refractivity contribution is 8.01. The molecule has 0 aromatic heterocycles. The second-order valence-corrected chi connectivity index (χ2v) is 16.3. The molecule has 2 amide bonds. The molecule has 0 bridgehead atoms. The van der Waals surface area contributed by atoms with Crippen molar-refractivity contribution in [3.8, 4) is 0 Å². The molecule has 0 aromatic carbocycles. The Kier molecular flexibility index (Phi) is 8.22. The molecule has 0 spiro atoms. The van der Waals surface area contributed by atoms with Gasteiger partial charge in [-0.2, -0.15) is 0 Å². The zero-order chi connectivity index (χ0) is 28.5. The standard InChI is InChI=1S/C25H36N4O8S2.ClH/c1-14(37-23(33)19-25(4,5)39(34,35)16-12-15(30)28(16)19)36-22(32)18-24(2,3)38-21-17(20(31)29(18)21)26-13-27-10-8-6-7-9-11-27;/h13-14,16-19,21H,6-12H2,1-5H3;1H/b26-13+;/t14?,16-,17?,18+,19+,21-;/m1./s1. The summed E-state index contributed by atoms with van der Waals surface area (Å²) in [5.74, 6) is -2.38. The van der Waals surface area contributed by atoms with Gasteiger partial charge in [0.1, 0.15) is 22.8 Å². The highest BCUT2D eigenvalue weighted by Crippen LogP contribution is 2.52. The van der Waals surface area contributed by atoms with Gasteiger partial charge in [0.05, 0.1) is 17.5 Å².